The highest BCUT2D eigenvalue weighted by Gasteiger charge is 2.34. The van der Waals surface area contributed by atoms with Gasteiger partial charge in [-0.3, -0.25) is 4.79 Å². The Morgan fingerprint density at radius 3 is 2.59 bits per heavy atom. The fourth-order valence-corrected chi connectivity index (χ4v) is 2.63. The lowest BCUT2D eigenvalue weighted by atomic mass is 9.91. The zero-order valence-corrected chi connectivity index (χ0v) is 11.1. The highest BCUT2D eigenvalue weighted by atomic mass is 16.5. The molecule has 3 nitrogen and oxygen atoms in total. The molecule has 0 radical (unpaired) electrons. The molecule has 1 saturated heterocycles. The molecular formula is C14H21NO2. The predicted octanol–water partition coefficient (Wildman–Crippen LogP) is 2.94. The molecule has 0 amide bonds. The molecule has 0 spiro atoms. The first-order valence-corrected chi connectivity index (χ1v) is 6.37. The van der Waals surface area contributed by atoms with Crippen molar-refractivity contribution >= 4 is 5.78 Å². The molecule has 2 unspecified atom stereocenters. The lowest BCUT2D eigenvalue weighted by Gasteiger charge is -2.15. The van der Waals surface area contributed by atoms with Crippen molar-refractivity contribution in [1.29, 1.82) is 0 Å². The molecular weight excluding hydrogens is 214 g/mol. The van der Waals surface area contributed by atoms with Gasteiger partial charge in [-0.05, 0) is 44.7 Å². The Morgan fingerprint density at radius 2 is 2.06 bits per heavy atom. The Hall–Kier alpha value is -1.09. The third kappa shape index (κ3) is 2.04. The van der Waals surface area contributed by atoms with Crippen molar-refractivity contribution < 1.29 is 9.53 Å². The molecule has 0 aromatic carbocycles. The fourth-order valence-electron chi connectivity index (χ4n) is 2.63. The van der Waals surface area contributed by atoms with Gasteiger partial charge < -0.3 is 9.72 Å². The van der Waals surface area contributed by atoms with E-state index in [-0.39, 0.29) is 17.8 Å². The van der Waals surface area contributed by atoms with Crippen molar-refractivity contribution in [3.63, 3.8) is 0 Å². The lowest BCUT2D eigenvalue weighted by molar-refractivity contribution is 0.0685. The van der Waals surface area contributed by atoms with Gasteiger partial charge in [0.25, 0.3) is 0 Å². The van der Waals surface area contributed by atoms with Crippen LogP contribution in [0.25, 0.3) is 0 Å². The molecule has 0 saturated carbocycles. The van der Waals surface area contributed by atoms with Gasteiger partial charge in [0.2, 0.25) is 0 Å². The minimum Gasteiger partial charge on any atom is -0.377 e. The van der Waals surface area contributed by atoms with Gasteiger partial charge in [0.05, 0.1) is 17.7 Å². The Kier molecular flexibility index (Phi) is 3.38. The number of rotatable bonds is 3. The van der Waals surface area contributed by atoms with E-state index in [1.54, 1.807) is 0 Å². The number of H-pyrrole nitrogens is 1. The minimum atomic E-state index is 0.0381. The van der Waals surface area contributed by atoms with Crippen LogP contribution in [0.15, 0.2) is 0 Å². The zero-order valence-electron chi connectivity index (χ0n) is 11.1. The molecule has 2 atom stereocenters. The number of Topliss-reactive ketones (excluding diaryl/α,β-unsaturated/α-hetero) is 1. The number of ketones is 1. The van der Waals surface area contributed by atoms with Crippen molar-refractivity contribution in [2.24, 2.45) is 5.92 Å². The predicted molar refractivity (Wildman–Crippen MR) is 67.5 cm³/mol. The summed E-state index contributed by atoms with van der Waals surface area (Å²) in [6.07, 6.45) is 1.87. The van der Waals surface area contributed by atoms with E-state index in [4.69, 9.17) is 4.74 Å². The first kappa shape index (κ1) is 12.4. The first-order valence-electron chi connectivity index (χ1n) is 6.37. The average molecular weight is 235 g/mol. The van der Waals surface area contributed by atoms with E-state index in [2.05, 4.69) is 18.8 Å². The molecule has 1 aromatic rings. The summed E-state index contributed by atoms with van der Waals surface area (Å²) in [5.41, 5.74) is 4.17. The summed E-state index contributed by atoms with van der Waals surface area (Å²) in [6.45, 7) is 8.88. The van der Waals surface area contributed by atoms with Crippen molar-refractivity contribution in [2.45, 2.75) is 46.6 Å². The topological polar surface area (TPSA) is 42.1 Å². The highest BCUT2D eigenvalue weighted by molar-refractivity contribution is 5.98. The number of ether oxygens (including phenoxy) is 1. The summed E-state index contributed by atoms with van der Waals surface area (Å²) in [4.78, 5) is 15.7. The van der Waals surface area contributed by atoms with Crippen LogP contribution < -0.4 is 0 Å². The summed E-state index contributed by atoms with van der Waals surface area (Å²) < 4.78 is 5.60. The Bertz CT molecular complexity index is 434. The molecule has 1 N–H and O–H groups in total. The molecule has 1 aliphatic rings. The van der Waals surface area contributed by atoms with Crippen LogP contribution in [0.3, 0.4) is 0 Å². The van der Waals surface area contributed by atoms with Crippen LogP contribution in [0.5, 0.6) is 0 Å². The number of aromatic amines is 1. The van der Waals surface area contributed by atoms with Gasteiger partial charge in [0, 0.05) is 12.3 Å². The normalized spacial score (nSPS) is 24.2. The van der Waals surface area contributed by atoms with Crippen molar-refractivity contribution in [2.75, 3.05) is 6.61 Å². The summed E-state index contributed by atoms with van der Waals surface area (Å²) in [5, 5.41) is 0. The molecule has 2 heterocycles. The monoisotopic (exact) mass is 235 g/mol. The lowest BCUT2D eigenvalue weighted by Crippen LogP contribution is -2.24. The van der Waals surface area contributed by atoms with Crippen LogP contribution in [-0.4, -0.2) is 23.5 Å². The first-order chi connectivity index (χ1) is 8.06. The van der Waals surface area contributed by atoms with E-state index in [1.165, 1.54) is 5.56 Å². The van der Waals surface area contributed by atoms with Gasteiger partial charge in [-0.2, -0.15) is 0 Å². The zero-order chi connectivity index (χ0) is 12.6. The molecule has 1 aromatic heterocycles. The van der Waals surface area contributed by atoms with Gasteiger partial charge in [0.1, 0.15) is 0 Å². The molecule has 94 valence electrons. The van der Waals surface area contributed by atoms with Crippen LogP contribution in [0.4, 0.5) is 0 Å². The number of hydrogen-bond donors (Lipinski definition) is 1. The van der Waals surface area contributed by atoms with Gasteiger partial charge in [0.15, 0.2) is 5.78 Å². The second-order valence-corrected chi connectivity index (χ2v) is 4.95. The van der Waals surface area contributed by atoms with Crippen molar-refractivity contribution in [3.8, 4) is 0 Å². The van der Waals surface area contributed by atoms with E-state index < -0.39 is 0 Å². The maximum atomic E-state index is 12.5. The smallest absolute Gasteiger partial charge is 0.185 e. The van der Waals surface area contributed by atoms with Crippen LogP contribution in [0, 0.1) is 26.7 Å². The van der Waals surface area contributed by atoms with Crippen LogP contribution in [-0.2, 0) is 4.74 Å². The summed E-state index contributed by atoms with van der Waals surface area (Å²) >= 11 is 0. The highest BCUT2D eigenvalue weighted by Crippen LogP contribution is 2.29. The molecule has 1 fully saturated rings. The largest absolute Gasteiger partial charge is 0.377 e. The van der Waals surface area contributed by atoms with Gasteiger partial charge in [-0.1, -0.05) is 6.92 Å². The van der Waals surface area contributed by atoms with E-state index in [0.29, 0.717) is 6.61 Å². The number of aryl methyl sites for hydroxylation is 1. The maximum absolute atomic E-state index is 12.5. The van der Waals surface area contributed by atoms with E-state index in [9.17, 15) is 4.79 Å². The fraction of sp³-hybridized carbons (Fsp3) is 0.643. The Labute approximate surface area is 103 Å². The number of hydrogen-bond acceptors (Lipinski definition) is 2. The second-order valence-electron chi connectivity index (χ2n) is 4.95. The SMILES string of the molecule is CCC1OCCC1C(=O)c1[nH]c(C)c(C)c1C. The molecule has 1 aliphatic heterocycles. The van der Waals surface area contributed by atoms with Gasteiger partial charge in [-0.25, -0.2) is 0 Å². The summed E-state index contributed by atoms with van der Waals surface area (Å²) in [6, 6.07) is 0. The van der Waals surface area contributed by atoms with Gasteiger partial charge >= 0.3 is 0 Å². The summed E-state index contributed by atoms with van der Waals surface area (Å²) in [5.74, 6) is 0.263. The van der Waals surface area contributed by atoms with Gasteiger partial charge in [-0.15, -0.1) is 0 Å². The molecule has 3 heteroatoms. The van der Waals surface area contributed by atoms with Crippen molar-refractivity contribution in [3.05, 3.63) is 22.5 Å². The van der Waals surface area contributed by atoms with Crippen LogP contribution in [0.2, 0.25) is 0 Å². The number of carbonyl (C=O) groups excluding carboxylic acids is 1. The quantitative estimate of drug-likeness (QED) is 0.818. The molecule has 0 bridgehead atoms. The van der Waals surface area contributed by atoms with Crippen LogP contribution >= 0.6 is 0 Å². The van der Waals surface area contributed by atoms with Crippen LogP contribution in [0.1, 0.15) is 47.1 Å². The Balaban J connectivity index is 2.28. The van der Waals surface area contributed by atoms with E-state index in [0.717, 1.165) is 29.8 Å². The molecule has 2 rings (SSSR count). The summed E-state index contributed by atoms with van der Waals surface area (Å²) in [7, 11) is 0. The minimum absolute atomic E-state index is 0.0381. The maximum Gasteiger partial charge on any atom is 0.185 e. The molecule has 0 aliphatic carbocycles. The van der Waals surface area contributed by atoms with E-state index in [1.807, 2.05) is 13.8 Å². The number of aromatic nitrogens is 1. The number of carbonyl (C=O) groups is 1. The Morgan fingerprint density at radius 1 is 1.35 bits per heavy atom. The average Bonchev–Trinajstić information content (AvgIpc) is 2.89. The third-order valence-electron chi connectivity index (χ3n) is 4.01. The molecule has 17 heavy (non-hydrogen) atoms. The van der Waals surface area contributed by atoms with E-state index >= 15 is 0 Å². The van der Waals surface area contributed by atoms with Crippen molar-refractivity contribution in [1.82, 2.24) is 4.98 Å². The number of nitrogens with one attached hydrogen (secondary N) is 1. The standard InChI is InChI=1S/C14H21NO2/c1-5-12-11(6-7-17-12)14(16)13-9(3)8(2)10(4)15-13/h11-12,15H,5-7H2,1-4H3. The second kappa shape index (κ2) is 4.65. The third-order valence-corrected chi connectivity index (χ3v) is 4.01.